The monoisotopic (exact) mass is 1380 g/mol. The van der Waals surface area contributed by atoms with E-state index >= 15 is 0 Å². The van der Waals surface area contributed by atoms with E-state index in [0.717, 1.165) is 25.7 Å². The number of aryl methyl sites for hydroxylation is 9. The highest BCUT2D eigenvalue weighted by atomic mass is 32.1. The van der Waals surface area contributed by atoms with Crippen LogP contribution in [0.15, 0.2) is 59.3 Å². The first-order valence-corrected chi connectivity index (χ1v) is 44.4. The third-order valence-electron chi connectivity index (χ3n) is 19.0. The number of hydrogen-bond acceptors (Lipinski definition) is 8. The van der Waals surface area contributed by atoms with Crippen molar-refractivity contribution in [3.63, 3.8) is 0 Å². The molecule has 0 unspecified atom stereocenters. The van der Waals surface area contributed by atoms with Crippen LogP contribution in [0, 0.1) is 16.0 Å². The fourth-order valence-corrected chi connectivity index (χ4v) is 23.6. The van der Waals surface area contributed by atoms with Crippen molar-refractivity contribution in [3.05, 3.63) is 141 Å². The molecule has 8 heterocycles. The average molecular weight is 1390 g/mol. The van der Waals surface area contributed by atoms with Crippen molar-refractivity contribution in [1.29, 1.82) is 0 Å². The van der Waals surface area contributed by atoms with Gasteiger partial charge in [0.05, 0.1) is 0 Å². The van der Waals surface area contributed by atoms with Gasteiger partial charge >= 0.3 is 0 Å². The molecule has 0 aliphatic carbocycles. The van der Waals surface area contributed by atoms with Crippen LogP contribution in [-0.4, -0.2) is 0 Å². The van der Waals surface area contributed by atoms with Gasteiger partial charge in [0.25, 0.3) is 0 Å². The van der Waals surface area contributed by atoms with Crippen LogP contribution in [0.4, 0.5) is 0 Å². The average Bonchev–Trinajstić information content (AvgIpc) is 1.64. The van der Waals surface area contributed by atoms with Gasteiger partial charge in [-0.25, -0.2) is 0 Å². The van der Waals surface area contributed by atoms with Crippen LogP contribution in [0.25, 0.3) is 40.4 Å². The summed E-state index contributed by atoms with van der Waals surface area (Å²) in [7, 11) is 0. The molecule has 8 aromatic heterocycles. The molecule has 504 valence electrons. The lowest BCUT2D eigenvalue weighted by Gasteiger charge is -2.07. The second-order valence-corrected chi connectivity index (χ2v) is 35.5. The van der Waals surface area contributed by atoms with Crippen molar-refractivity contribution in [3.8, 4) is 29.3 Å². The van der Waals surface area contributed by atoms with E-state index in [1.54, 1.807) is 73.1 Å². The molecule has 0 nitrogen and oxygen atoms in total. The van der Waals surface area contributed by atoms with Gasteiger partial charge in [-0.05, 0) is 226 Å². The largest absolute Gasteiger partial charge is 0.143 e. The summed E-state index contributed by atoms with van der Waals surface area (Å²) in [5.74, 6) is 0. The number of thiophene rings is 8. The van der Waals surface area contributed by atoms with Gasteiger partial charge in [-0.1, -0.05) is 209 Å². The highest BCUT2D eigenvalue weighted by Crippen LogP contribution is 2.47. The molecule has 0 aliphatic heterocycles. The third kappa shape index (κ3) is 22.2. The van der Waals surface area contributed by atoms with E-state index in [1.165, 1.54) is 281 Å². The Bertz CT molecular complexity index is 3600. The quantitative estimate of drug-likeness (QED) is 0.0334. The number of hydrogen-bond donors (Lipinski definition) is 0. The molecule has 0 fully saturated rings. The lowest BCUT2D eigenvalue weighted by atomic mass is 10.00. The number of unbranched alkanes of at least 4 members (excludes halogenated alkanes) is 24. The Morgan fingerprint density at radius 2 is 0.717 bits per heavy atom. The van der Waals surface area contributed by atoms with Crippen LogP contribution in [-0.2, 0) is 51.4 Å². The zero-order valence-electron chi connectivity index (χ0n) is 59.3. The van der Waals surface area contributed by atoms with Gasteiger partial charge in [-0.15, -0.1) is 90.7 Å². The Hall–Kier alpha value is -2.66. The molecule has 0 saturated heterocycles. The van der Waals surface area contributed by atoms with Crippen molar-refractivity contribution in [2.75, 3.05) is 0 Å². The van der Waals surface area contributed by atoms with E-state index in [0.29, 0.717) is 0 Å². The smallest absolute Gasteiger partial charge is 0.0481 e. The highest BCUT2D eigenvalue weighted by molar-refractivity contribution is 7.25. The fourth-order valence-electron chi connectivity index (χ4n) is 13.5. The first-order chi connectivity index (χ1) is 45.1. The molecule has 0 N–H and O–H groups in total. The molecule has 8 heteroatoms. The molecule has 0 spiro atoms. The van der Waals surface area contributed by atoms with Crippen LogP contribution in [0.5, 0.6) is 0 Å². The Labute approximate surface area is 593 Å². The topological polar surface area (TPSA) is 0 Å². The fraction of sp³-hybridized carbons (Fsp3) is 0.595. The summed E-state index contributed by atoms with van der Waals surface area (Å²) < 4.78 is 6.11. The van der Waals surface area contributed by atoms with E-state index in [2.05, 4.69) is 197 Å². The normalized spacial score (nSPS) is 13.0. The maximum Gasteiger partial charge on any atom is 0.0481 e. The van der Waals surface area contributed by atoms with Gasteiger partial charge in [0.2, 0.25) is 0 Å². The minimum absolute atomic E-state index is 1.14. The van der Waals surface area contributed by atoms with Crippen molar-refractivity contribution in [2.24, 2.45) is 0 Å². The molecule has 0 saturated carbocycles. The molecular formula is C84H120S8. The second-order valence-electron chi connectivity index (χ2n) is 27.2. The lowest BCUT2D eigenvalue weighted by molar-refractivity contribution is 0.666. The minimum Gasteiger partial charge on any atom is -0.143 e. The van der Waals surface area contributed by atoms with Crippen LogP contribution in [0.3, 0.4) is 0 Å². The predicted octanol–water partition coefficient (Wildman–Crippen LogP) is 29.2. The molecule has 0 amide bonds. The zero-order valence-corrected chi connectivity index (χ0v) is 65.9. The van der Waals surface area contributed by atoms with Gasteiger partial charge in [-0.3, -0.25) is 0 Å². The van der Waals surface area contributed by atoms with Crippen LogP contribution in [0.2, 0.25) is 0 Å². The molecule has 0 radical (unpaired) electrons. The Morgan fingerprint density at radius 1 is 0.315 bits per heavy atom. The van der Waals surface area contributed by atoms with E-state index in [9.17, 15) is 0 Å². The van der Waals surface area contributed by atoms with E-state index < -0.39 is 0 Å². The summed E-state index contributed by atoms with van der Waals surface area (Å²) in [6.45, 7) is 23.7. The molecule has 0 atom stereocenters. The maximum atomic E-state index is 2.77. The molecule has 8 aromatic rings. The van der Waals surface area contributed by atoms with Crippen molar-refractivity contribution >= 4 is 102 Å². The summed E-state index contributed by atoms with van der Waals surface area (Å²) in [5, 5.41) is 5.00. The first kappa shape index (κ1) is 75.1. The van der Waals surface area contributed by atoms with Crippen LogP contribution < -0.4 is 9.06 Å². The minimum atomic E-state index is 1.14. The predicted molar refractivity (Wildman–Crippen MR) is 426 cm³/mol. The summed E-state index contributed by atoms with van der Waals surface area (Å²) >= 11 is 16.8. The lowest BCUT2D eigenvalue weighted by Crippen LogP contribution is -2.05. The first-order valence-electron chi connectivity index (χ1n) is 37.8. The summed E-state index contributed by atoms with van der Waals surface area (Å²) in [6.07, 6.45) is 50.9. The standard InChI is InChI=1S/C84H120S8/c1-11-19-27-35-43-63-52-74(85-59-63)80-67(47-39-31-23-15-5)54-71(88-80)62(10)79-66(46-38-30-22-14-4)57-77(91-79)83-69(49-41-33-25-17-7)56-73(90-83)78(72-55-68(48-40-32-24-16-6)81(89-72)75-53-64(60-86-75)44-36-28-20-12-2)84-70(50-42-34-26-18-8)58-76(92-84)82-65(51-61(9)87-82)45-37-29-21-13-3/h51-60H,11-50H2,1-10H3/b78-73-,79-62-,83-77+. The molecule has 0 aliphatic rings. The van der Waals surface area contributed by atoms with Crippen molar-refractivity contribution in [2.45, 2.75) is 326 Å². The summed E-state index contributed by atoms with van der Waals surface area (Å²) in [5.41, 5.74) is 15.6. The van der Waals surface area contributed by atoms with Crippen molar-refractivity contribution in [1.82, 2.24) is 0 Å². The molecule has 8 rings (SSSR count). The zero-order chi connectivity index (χ0) is 64.9. The van der Waals surface area contributed by atoms with E-state index in [-0.39, 0.29) is 0 Å². The molecular weight excluding hydrogens is 1270 g/mol. The van der Waals surface area contributed by atoms with Crippen molar-refractivity contribution < 1.29 is 0 Å². The second kappa shape index (κ2) is 41.6. The van der Waals surface area contributed by atoms with E-state index in [4.69, 9.17) is 0 Å². The molecule has 0 aromatic carbocycles. The molecule has 92 heavy (non-hydrogen) atoms. The highest BCUT2D eigenvalue weighted by Gasteiger charge is 2.25. The van der Waals surface area contributed by atoms with Crippen LogP contribution in [0.1, 0.15) is 332 Å². The summed E-state index contributed by atoms with van der Waals surface area (Å²) in [6, 6.07) is 21.3. The van der Waals surface area contributed by atoms with Gasteiger partial charge in [0.1, 0.15) is 0 Å². The van der Waals surface area contributed by atoms with E-state index in [1.807, 2.05) is 22.7 Å². The van der Waals surface area contributed by atoms with Gasteiger partial charge in [0, 0.05) is 72.5 Å². The SMILES string of the molecule is CCCCCCc1csc(-c2sc(/C(c3sc(-c4sc(C)cc4CCCCCC)cc3CCCCCC)=c3\cc(CCCCCC)/c(=c4/cc(CCCCCC)/c(=C(\C)c5cc(CCCCCC)c(-c6cc(CCCCCC)cs6)s5)s4)s3)cc2CCCCCC)c1. The number of rotatable bonds is 46. The van der Waals surface area contributed by atoms with Gasteiger partial charge in [-0.2, -0.15) is 0 Å². The third-order valence-corrected chi connectivity index (χ3v) is 29.0. The van der Waals surface area contributed by atoms with Crippen LogP contribution >= 0.6 is 90.7 Å². The maximum absolute atomic E-state index is 2.77. The van der Waals surface area contributed by atoms with Gasteiger partial charge < -0.3 is 0 Å². The molecule has 0 bridgehead atoms. The van der Waals surface area contributed by atoms with Gasteiger partial charge in [0.15, 0.2) is 0 Å². The Balaban J connectivity index is 1.40. The Kier molecular flexibility index (Phi) is 33.9. The Morgan fingerprint density at radius 3 is 1.20 bits per heavy atom. The summed E-state index contributed by atoms with van der Waals surface area (Å²) in [4.78, 5) is 15.1.